The van der Waals surface area contributed by atoms with Crippen LogP contribution in [0.25, 0.3) is 11.3 Å². The smallest absolute Gasteiger partial charge is 0.289 e. The fraction of sp³-hybridized carbons (Fsp3) is 0.393. The first-order valence-corrected chi connectivity index (χ1v) is 12.9. The molecule has 1 N–H and O–H groups in total. The van der Waals surface area contributed by atoms with Crippen LogP contribution in [-0.2, 0) is 6.54 Å². The van der Waals surface area contributed by atoms with Crippen LogP contribution in [-0.4, -0.2) is 68.2 Å². The van der Waals surface area contributed by atoms with Crippen LogP contribution in [0.5, 0.6) is 11.5 Å². The number of hydrogen-bond donors (Lipinski definition) is 1. The molecule has 1 amide bonds. The summed E-state index contributed by atoms with van der Waals surface area (Å²) >= 11 is 6.53. The number of hydrogen-bond acceptors (Lipinski definition) is 6. The molecule has 1 aromatic heterocycles. The van der Waals surface area contributed by atoms with Crippen molar-refractivity contribution < 1.29 is 18.7 Å². The van der Waals surface area contributed by atoms with Crippen LogP contribution in [0.15, 0.2) is 59.0 Å². The van der Waals surface area contributed by atoms with Crippen molar-refractivity contribution in [3.63, 3.8) is 0 Å². The molecule has 2 fully saturated rings. The molecule has 0 radical (unpaired) electrons. The predicted molar refractivity (Wildman–Crippen MR) is 140 cm³/mol. The maximum atomic E-state index is 13.0. The van der Waals surface area contributed by atoms with E-state index in [1.54, 1.807) is 13.2 Å². The Morgan fingerprint density at radius 1 is 1.06 bits per heavy atom. The number of benzene rings is 2. The van der Waals surface area contributed by atoms with Gasteiger partial charge in [-0.1, -0.05) is 29.8 Å². The number of rotatable bonds is 7. The third-order valence-electron chi connectivity index (χ3n) is 6.81. The maximum Gasteiger partial charge on any atom is 0.289 e. The highest BCUT2D eigenvalue weighted by Gasteiger charge is 2.25. The van der Waals surface area contributed by atoms with Crippen LogP contribution in [0.2, 0.25) is 5.02 Å². The minimum atomic E-state index is -0.0775. The van der Waals surface area contributed by atoms with Gasteiger partial charge in [-0.25, -0.2) is 0 Å². The fourth-order valence-corrected chi connectivity index (χ4v) is 4.99. The molecule has 2 aromatic carbocycles. The normalized spacial score (nSPS) is 17.2. The summed E-state index contributed by atoms with van der Waals surface area (Å²) in [5, 5.41) is 4.01. The summed E-state index contributed by atoms with van der Waals surface area (Å²) in [5.41, 5.74) is 2.02. The van der Waals surface area contributed by atoms with Crippen molar-refractivity contribution in [3.8, 4) is 22.8 Å². The van der Waals surface area contributed by atoms with Gasteiger partial charge in [0.25, 0.3) is 5.91 Å². The first-order valence-electron chi connectivity index (χ1n) is 12.5. The van der Waals surface area contributed by atoms with Crippen LogP contribution in [0.4, 0.5) is 0 Å². The van der Waals surface area contributed by atoms with Gasteiger partial charge in [-0.2, -0.15) is 0 Å². The van der Waals surface area contributed by atoms with Gasteiger partial charge < -0.3 is 24.1 Å². The van der Waals surface area contributed by atoms with Crippen molar-refractivity contribution in [1.82, 2.24) is 15.1 Å². The first kappa shape index (κ1) is 24.7. The number of methoxy groups -OCH3 is 1. The van der Waals surface area contributed by atoms with Crippen molar-refractivity contribution >= 4 is 17.5 Å². The molecule has 0 atom stereocenters. The van der Waals surface area contributed by atoms with E-state index >= 15 is 0 Å². The van der Waals surface area contributed by atoms with Crippen LogP contribution in [0.3, 0.4) is 0 Å². The van der Waals surface area contributed by atoms with Gasteiger partial charge in [-0.15, -0.1) is 0 Å². The number of nitrogens with one attached hydrogen (secondary N) is 1. The molecule has 5 rings (SSSR count). The van der Waals surface area contributed by atoms with Crippen molar-refractivity contribution in [1.29, 1.82) is 0 Å². The van der Waals surface area contributed by atoms with Gasteiger partial charge >= 0.3 is 0 Å². The number of ether oxygens (including phenoxy) is 2. The highest BCUT2D eigenvalue weighted by Crippen LogP contribution is 2.29. The van der Waals surface area contributed by atoms with E-state index in [-0.39, 0.29) is 12.0 Å². The van der Waals surface area contributed by atoms with Crippen LogP contribution < -0.4 is 14.8 Å². The Bertz CT molecular complexity index is 1180. The number of nitrogens with zero attached hydrogens (tertiary/aromatic N) is 2. The van der Waals surface area contributed by atoms with Gasteiger partial charge in [0, 0.05) is 38.3 Å². The second-order valence-corrected chi connectivity index (χ2v) is 9.70. The molecule has 0 aliphatic carbocycles. The van der Waals surface area contributed by atoms with E-state index in [0.29, 0.717) is 29.6 Å². The summed E-state index contributed by atoms with van der Waals surface area (Å²) in [5.74, 6) is 2.44. The maximum absolute atomic E-state index is 13.0. The predicted octanol–water partition coefficient (Wildman–Crippen LogP) is 4.70. The number of furan rings is 1. The van der Waals surface area contributed by atoms with E-state index in [2.05, 4.69) is 16.3 Å². The summed E-state index contributed by atoms with van der Waals surface area (Å²) in [6, 6.07) is 17.3. The molecule has 2 saturated heterocycles. The van der Waals surface area contributed by atoms with Gasteiger partial charge in [-0.3, -0.25) is 9.69 Å². The minimum absolute atomic E-state index is 0.0775. The van der Waals surface area contributed by atoms with Crippen molar-refractivity contribution in [2.24, 2.45) is 0 Å². The van der Waals surface area contributed by atoms with Crippen LogP contribution in [0.1, 0.15) is 29.0 Å². The Morgan fingerprint density at radius 3 is 2.61 bits per heavy atom. The van der Waals surface area contributed by atoms with E-state index in [0.717, 1.165) is 68.2 Å². The third-order valence-corrected chi connectivity index (χ3v) is 7.11. The monoisotopic (exact) mass is 509 g/mol. The molecule has 190 valence electrons. The van der Waals surface area contributed by atoms with Crippen LogP contribution >= 0.6 is 11.6 Å². The molecule has 3 heterocycles. The molecule has 0 spiro atoms. The van der Waals surface area contributed by atoms with Gasteiger partial charge in [-0.05, 0) is 67.9 Å². The summed E-state index contributed by atoms with van der Waals surface area (Å²) < 4.78 is 17.3. The average Bonchev–Trinajstić information content (AvgIpc) is 3.41. The number of halogens is 1. The number of amides is 1. The quantitative estimate of drug-likeness (QED) is 0.498. The van der Waals surface area contributed by atoms with E-state index in [4.69, 9.17) is 25.5 Å². The fourth-order valence-electron chi connectivity index (χ4n) is 4.74. The molecular weight excluding hydrogens is 478 g/mol. The largest absolute Gasteiger partial charge is 0.497 e. The molecule has 36 heavy (non-hydrogen) atoms. The second kappa shape index (κ2) is 11.4. The first-order chi connectivity index (χ1) is 17.6. The van der Waals surface area contributed by atoms with Gasteiger partial charge in [0.15, 0.2) is 5.76 Å². The van der Waals surface area contributed by atoms with Gasteiger partial charge in [0.2, 0.25) is 0 Å². The second-order valence-electron chi connectivity index (χ2n) is 9.30. The third kappa shape index (κ3) is 5.86. The Hall–Kier alpha value is -3.00. The zero-order valence-electron chi connectivity index (χ0n) is 20.5. The highest BCUT2D eigenvalue weighted by molar-refractivity contribution is 6.32. The number of carbonyl (C=O) groups excluding carboxylic acids is 1. The van der Waals surface area contributed by atoms with Crippen molar-refractivity contribution in [2.45, 2.75) is 25.5 Å². The molecule has 8 heteroatoms. The lowest BCUT2D eigenvalue weighted by Gasteiger charge is -2.34. The van der Waals surface area contributed by atoms with E-state index in [1.807, 2.05) is 47.4 Å². The van der Waals surface area contributed by atoms with E-state index in [1.165, 1.54) is 0 Å². The molecular formula is C28H32ClN3O4. The molecule has 0 unspecified atom stereocenters. The number of carbonyl (C=O) groups is 1. The Morgan fingerprint density at radius 2 is 1.86 bits per heavy atom. The highest BCUT2D eigenvalue weighted by atomic mass is 35.5. The number of piperidine rings is 1. The van der Waals surface area contributed by atoms with Crippen molar-refractivity contribution in [2.75, 3.05) is 46.4 Å². The minimum Gasteiger partial charge on any atom is -0.497 e. The SMILES string of the molecule is COc1cccc(-c2ccc(C(=O)N3CCN(Cc4ccc(OC5CCNCC5)c(Cl)c4)CC3)o2)c1. The topological polar surface area (TPSA) is 67.2 Å². The summed E-state index contributed by atoms with van der Waals surface area (Å²) in [7, 11) is 1.63. The van der Waals surface area contributed by atoms with E-state index in [9.17, 15) is 4.79 Å². The molecule has 2 aliphatic heterocycles. The Kier molecular flexibility index (Phi) is 7.80. The lowest BCUT2D eigenvalue weighted by Crippen LogP contribution is -2.48. The molecule has 3 aromatic rings. The Balaban J connectivity index is 1.13. The van der Waals surface area contributed by atoms with Gasteiger partial charge in [0.1, 0.15) is 23.4 Å². The van der Waals surface area contributed by atoms with Crippen molar-refractivity contribution in [3.05, 3.63) is 70.9 Å². The van der Waals surface area contributed by atoms with Crippen LogP contribution in [0, 0.1) is 0 Å². The standard InChI is InChI=1S/C28H32ClN3O4/c1-34-23-4-2-3-21(18-23)25-7-8-27(36-25)28(33)32-15-13-31(14-16-32)19-20-5-6-26(24(29)17-20)35-22-9-11-30-12-10-22/h2-8,17-18,22,30H,9-16,19H2,1H3. The Labute approximate surface area is 216 Å². The summed E-state index contributed by atoms with van der Waals surface area (Å²) in [6.07, 6.45) is 2.23. The zero-order valence-corrected chi connectivity index (χ0v) is 21.3. The lowest BCUT2D eigenvalue weighted by molar-refractivity contribution is 0.0598. The molecule has 7 nitrogen and oxygen atoms in total. The van der Waals surface area contributed by atoms with Gasteiger partial charge in [0.05, 0.1) is 12.1 Å². The molecule has 2 aliphatic rings. The molecule has 0 bridgehead atoms. The summed E-state index contributed by atoms with van der Waals surface area (Å²) in [4.78, 5) is 17.2. The zero-order chi connectivity index (χ0) is 24.9. The number of piperazine rings is 1. The molecule has 0 saturated carbocycles. The van der Waals surface area contributed by atoms with E-state index < -0.39 is 0 Å². The summed E-state index contributed by atoms with van der Waals surface area (Å²) in [6.45, 7) is 5.64. The lowest BCUT2D eigenvalue weighted by atomic mass is 10.1. The average molecular weight is 510 g/mol.